The zero-order valence-electron chi connectivity index (χ0n) is 18.8. The summed E-state index contributed by atoms with van der Waals surface area (Å²) in [6.07, 6.45) is -1.15. The van der Waals surface area contributed by atoms with Gasteiger partial charge in [0, 0.05) is 16.9 Å². The van der Waals surface area contributed by atoms with Crippen LogP contribution in [0, 0.1) is 0 Å². The van der Waals surface area contributed by atoms with Gasteiger partial charge in [0.25, 0.3) is 0 Å². The van der Waals surface area contributed by atoms with E-state index < -0.39 is 30.8 Å². The smallest absolute Gasteiger partial charge is 0.492 e. The van der Waals surface area contributed by atoms with E-state index in [2.05, 4.69) is 5.32 Å². The summed E-state index contributed by atoms with van der Waals surface area (Å²) in [6, 6.07) is 8.41. The molecule has 1 atom stereocenters. The number of benzene rings is 2. The number of carbonyl (C=O) groups is 2. The highest BCUT2D eigenvalue weighted by atomic mass is 35.5. The number of halogens is 1. The summed E-state index contributed by atoms with van der Waals surface area (Å²) < 4.78 is 16.1. The van der Waals surface area contributed by atoms with Crippen LogP contribution in [0.15, 0.2) is 36.4 Å². The lowest BCUT2D eigenvalue weighted by Gasteiger charge is -2.23. The van der Waals surface area contributed by atoms with E-state index in [1.807, 2.05) is 0 Å². The van der Waals surface area contributed by atoms with Crippen LogP contribution in [0.1, 0.15) is 31.9 Å². The zero-order chi connectivity index (χ0) is 24.8. The van der Waals surface area contributed by atoms with Crippen LogP contribution in [0.4, 0.5) is 4.79 Å². The third-order valence-corrected chi connectivity index (χ3v) is 4.61. The van der Waals surface area contributed by atoms with Crippen molar-refractivity contribution in [3.8, 4) is 11.5 Å². The molecule has 33 heavy (non-hydrogen) atoms. The minimum absolute atomic E-state index is 0.0348. The summed E-state index contributed by atoms with van der Waals surface area (Å²) in [5, 5.41) is 31.7. The van der Waals surface area contributed by atoms with Crippen molar-refractivity contribution in [1.82, 2.24) is 5.32 Å². The van der Waals surface area contributed by atoms with Crippen LogP contribution in [-0.4, -0.2) is 53.1 Å². The summed E-state index contributed by atoms with van der Waals surface area (Å²) in [5.41, 5.74) is 0.177. The molecule has 0 saturated carbocycles. The average Bonchev–Trinajstić information content (AvgIpc) is 2.71. The molecule has 178 valence electrons. The van der Waals surface area contributed by atoms with E-state index >= 15 is 0 Å². The van der Waals surface area contributed by atoms with Crippen molar-refractivity contribution >= 4 is 36.2 Å². The SMILES string of the molecule is COc1ccc(COc2c(C[C@H](NC(=O)OC(C)(C)C)C(=O)O)cc(Cl)cc2B(O)O)cc1. The highest BCUT2D eigenvalue weighted by Crippen LogP contribution is 2.25. The molecule has 9 nitrogen and oxygen atoms in total. The van der Waals surface area contributed by atoms with Crippen molar-refractivity contribution in [1.29, 1.82) is 0 Å². The Labute approximate surface area is 197 Å². The second-order valence-electron chi connectivity index (χ2n) is 8.23. The van der Waals surface area contributed by atoms with E-state index in [0.29, 0.717) is 5.75 Å². The molecule has 0 aliphatic heterocycles. The van der Waals surface area contributed by atoms with E-state index in [9.17, 15) is 24.7 Å². The Balaban J connectivity index is 2.32. The van der Waals surface area contributed by atoms with Gasteiger partial charge >= 0.3 is 19.2 Å². The molecule has 0 aliphatic carbocycles. The van der Waals surface area contributed by atoms with Crippen LogP contribution >= 0.6 is 11.6 Å². The average molecular weight is 480 g/mol. The molecule has 1 amide bonds. The lowest BCUT2D eigenvalue weighted by molar-refractivity contribution is -0.139. The maximum Gasteiger partial charge on any atom is 0.492 e. The topological polar surface area (TPSA) is 135 Å². The van der Waals surface area contributed by atoms with Crippen molar-refractivity contribution in [2.24, 2.45) is 0 Å². The zero-order valence-corrected chi connectivity index (χ0v) is 19.5. The normalized spacial score (nSPS) is 12.0. The van der Waals surface area contributed by atoms with Gasteiger partial charge in [-0.2, -0.15) is 0 Å². The minimum atomic E-state index is -1.92. The number of alkyl carbamates (subject to hydrolysis) is 1. The van der Waals surface area contributed by atoms with Gasteiger partial charge in [-0.15, -0.1) is 0 Å². The first kappa shape index (κ1) is 26.3. The summed E-state index contributed by atoms with van der Waals surface area (Å²) in [6.45, 7) is 5.01. The molecule has 0 fully saturated rings. The number of nitrogens with one attached hydrogen (secondary N) is 1. The molecule has 11 heteroatoms. The van der Waals surface area contributed by atoms with Crippen molar-refractivity contribution in [3.63, 3.8) is 0 Å². The number of ether oxygens (including phenoxy) is 3. The Bertz CT molecular complexity index is 976. The molecule has 0 radical (unpaired) electrons. The fourth-order valence-electron chi connectivity index (χ4n) is 2.94. The molecule has 2 aromatic rings. The molecule has 0 saturated heterocycles. The Kier molecular flexibility index (Phi) is 8.98. The van der Waals surface area contributed by atoms with Crippen LogP contribution in [0.5, 0.6) is 11.5 Å². The number of rotatable bonds is 9. The van der Waals surface area contributed by atoms with Crippen LogP contribution in [0.3, 0.4) is 0 Å². The highest BCUT2D eigenvalue weighted by molar-refractivity contribution is 6.60. The maximum absolute atomic E-state index is 12.1. The predicted octanol–water partition coefficient (Wildman–Crippen LogP) is 2.13. The van der Waals surface area contributed by atoms with Gasteiger partial charge in [-0.1, -0.05) is 23.7 Å². The first-order valence-corrected chi connectivity index (χ1v) is 10.4. The summed E-state index contributed by atoms with van der Waals surface area (Å²) in [4.78, 5) is 23.9. The lowest BCUT2D eigenvalue weighted by Crippen LogP contribution is -2.45. The number of carbonyl (C=O) groups excluding carboxylic acids is 1. The standard InChI is InChI=1S/C22H27BClNO8/c1-22(2,3)33-21(28)25-18(20(26)27)10-14-9-15(24)11-17(23(29)30)19(14)32-12-13-5-7-16(31-4)8-6-13/h5-9,11,18,29-30H,10,12H2,1-4H3,(H,25,28)(H,26,27)/t18-/m0/s1. The van der Waals surface area contributed by atoms with Gasteiger partial charge in [0.15, 0.2) is 0 Å². The largest absolute Gasteiger partial charge is 0.497 e. The molecule has 0 heterocycles. The van der Waals surface area contributed by atoms with Crippen molar-refractivity contribution < 1.29 is 39.0 Å². The van der Waals surface area contributed by atoms with Gasteiger partial charge in [0.1, 0.15) is 29.7 Å². The number of carboxylic acid groups (broad SMARTS) is 1. The quantitative estimate of drug-likeness (QED) is 0.402. The van der Waals surface area contributed by atoms with Crippen LogP contribution in [-0.2, 0) is 22.6 Å². The van der Waals surface area contributed by atoms with Crippen LogP contribution in [0.25, 0.3) is 0 Å². The summed E-state index contributed by atoms with van der Waals surface area (Å²) in [5.74, 6) is -0.592. The Hall–Kier alpha value is -2.95. The van der Waals surface area contributed by atoms with Gasteiger partial charge < -0.3 is 34.7 Å². The van der Waals surface area contributed by atoms with E-state index in [-0.39, 0.29) is 34.8 Å². The van der Waals surface area contributed by atoms with Crippen molar-refractivity contribution in [2.45, 2.75) is 45.4 Å². The van der Waals surface area contributed by atoms with Gasteiger partial charge in [-0.25, -0.2) is 9.59 Å². The fraction of sp³-hybridized carbons (Fsp3) is 0.364. The van der Waals surface area contributed by atoms with Gasteiger partial charge in [-0.3, -0.25) is 0 Å². The molecule has 0 aliphatic rings. The molecule has 2 rings (SSSR count). The second-order valence-corrected chi connectivity index (χ2v) is 8.67. The number of aliphatic carboxylic acids is 1. The second kappa shape index (κ2) is 11.3. The Morgan fingerprint density at radius 1 is 1.15 bits per heavy atom. The number of hydrogen-bond acceptors (Lipinski definition) is 7. The van der Waals surface area contributed by atoms with Gasteiger partial charge in [0.05, 0.1) is 7.11 Å². The number of methoxy groups -OCH3 is 1. The molecule has 0 bridgehead atoms. The molecule has 0 aromatic heterocycles. The monoisotopic (exact) mass is 479 g/mol. The molecule has 0 unspecified atom stereocenters. The van der Waals surface area contributed by atoms with Gasteiger partial charge in [-0.05, 0) is 56.2 Å². The summed E-state index contributed by atoms with van der Waals surface area (Å²) >= 11 is 6.12. The lowest BCUT2D eigenvalue weighted by atomic mass is 9.78. The van der Waals surface area contributed by atoms with Crippen molar-refractivity contribution in [3.05, 3.63) is 52.5 Å². The third kappa shape index (κ3) is 8.16. The number of hydrogen-bond donors (Lipinski definition) is 4. The van der Waals surface area contributed by atoms with Crippen LogP contribution < -0.4 is 20.3 Å². The molecular formula is C22H27BClNO8. The predicted molar refractivity (Wildman–Crippen MR) is 123 cm³/mol. The van der Waals surface area contributed by atoms with Gasteiger partial charge in [0.2, 0.25) is 0 Å². The van der Waals surface area contributed by atoms with E-state index in [0.717, 1.165) is 5.56 Å². The molecular weight excluding hydrogens is 453 g/mol. The first-order chi connectivity index (χ1) is 15.4. The van der Waals surface area contributed by atoms with E-state index in [4.69, 9.17) is 25.8 Å². The molecule has 4 N–H and O–H groups in total. The summed E-state index contributed by atoms with van der Waals surface area (Å²) in [7, 11) is -0.375. The molecule has 0 spiro atoms. The highest BCUT2D eigenvalue weighted by Gasteiger charge is 2.28. The van der Waals surface area contributed by atoms with Crippen LogP contribution in [0.2, 0.25) is 5.02 Å². The molecule has 2 aromatic carbocycles. The van der Waals surface area contributed by atoms with Crippen molar-refractivity contribution in [2.75, 3.05) is 7.11 Å². The number of amides is 1. The Morgan fingerprint density at radius 3 is 2.30 bits per heavy atom. The maximum atomic E-state index is 12.1. The number of carboxylic acids is 1. The van der Waals surface area contributed by atoms with E-state index in [1.165, 1.54) is 12.1 Å². The fourth-order valence-corrected chi connectivity index (χ4v) is 3.19. The third-order valence-electron chi connectivity index (χ3n) is 4.39. The van der Waals surface area contributed by atoms with E-state index in [1.54, 1.807) is 52.1 Å². The minimum Gasteiger partial charge on any atom is -0.497 e. The first-order valence-electron chi connectivity index (χ1n) is 10.1. The Morgan fingerprint density at radius 2 is 1.79 bits per heavy atom.